The Morgan fingerprint density at radius 3 is 2.49 bits per heavy atom. The van der Waals surface area contributed by atoms with Crippen LogP contribution in [0.4, 0.5) is 5.82 Å². The summed E-state index contributed by atoms with van der Waals surface area (Å²) in [4.78, 5) is 9.59. The lowest BCUT2D eigenvalue weighted by atomic mass is 9.67. The van der Waals surface area contributed by atoms with Crippen molar-refractivity contribution < 1.29 is 0 Å². The van der Waals surface area contributed by atoms with E-state index >= 15 is 0 Å². The van der Waals surface area contributed by atoms with E-state index in [-0.39, 0.29) is 0 Å². The smallest absolute Gasteiger partial charge is 0.152 e. The first-order valence-corrected chi connectivity index (χ1v) is 13.3. The lowest BCUT2D eigenvalue weighted by Gasteiger charge is -2.40. The van der Waals surface area contributed by atoms with Gasteiger partial charge in [-0.3, -0.25) is 0 Å². The van der Waals surface area contributed by atoms with E-state index in [1.807, 2.05) is 12.1 Å². The molecule has 2 aromatic heterocycles. The quantitative estimate of drug-likeness (QED) is 0.279. The molecule has 184 valence electrons. The number of hydrogen-bond acceptors (Lipinski definition) is 4. The van der Waals surface area contributed by atoms with E-state index in [4.69, 9.17) is 10.7 Å². The summed E-state index contributed by atoms with van der Waals surface area (Å²) in [6.07, 6.45) is 7.37. The van der Waals surface area contributed by atoms with Gasteiger partial charge in [-0.1, -0.05) is 76.1 Å². The van der Waals surface area contributed by atoms with Gasteiger partial charge >= 0.3 is 0 Å². The lowest BCUT2D eigenvalue weighted by molar-refractivity contribution is 0.118. The molecule has 0 radical (unpaired) electrons. The van der Waals surface area contributed by atoms with Gasteiger partial charge in [0.2, 0.25) is 0 Å². The third-order valence-electron chi connectivity index (χ3n) is 7.93. The first-order chi connectivity index (χ1) is 17.0. The summed E-state index contributed by atoms with van der Waals surface area (Å²) in [6.45, 7) is 9.81. The van der Waals surface area contributed by atoms with Gasteiger partial charge in [0, 0.05) is 31.4 Å². The Bertz CT molecular complexity index is 1300. The third-order valence-corrected chi connectivity index (χ3v) is 7.93. The second-order valence-corrected chi connectivity index (χ2v) is 11.0. The number of nitrogens with one attached hydrogen (secondary N) is 1. The summed E-state index contributed by atoms with van der Waals surface area (Å²) in [7, 11) is 0. The minimum atomic E-state index is 0.384. The van der Waals surface area contributed by atoms with E-state index in [0.29, 0.717) is 11.2 Å². The molecule has 3 N–H and O–H groups in total. The first kappa shape index (κ1) is 23.8. The number of aromatic nitrogens is 3. The highest BCUT2D eigenvalue weighted by Gasteiger charge is 2.33. The number of nitrogen functional groups attached to an aromatic ring is 1. The monoisotopic (exact) mass is 469 g/mol. The standard InChI is InChI=1S/C30H39N5/c1-4-5-13-26-34-27-28(24-11-6-7-12-25(24)33-29(27)31)35(26)19-22-16-14-21(15-17-22)18-32-20-30(2,3)23-9-8-10-23/h6-7,11-12,14-17,23,32H,4-5,8-10,13,18-20H2,1-3H3,(H2,31,33). The zero-order chi connectivity index (χ0) is 24.4. The summed E-state index contributed by atoms with van der Waals surface area (Å²) >= 11 is 0. The topological polar surface area (TPSA) is 68.8 Å². The minimum absolute atomic E-state index is 0.384. The third kappa shape index (κ3) is 4.92. The molecule has 5 heteroatoms. The second-order valence-electron chi connectivity index (χ2n) is 11.0. The number of unbranched alkanes of at least 4 members (excludes halogenated alkanes) is 1. The highest BCUT2D eigenvalue weighted by Crippen LogP contribution is 2.41. The summed E-state index contributed by atoms with van der Waals surface area (Å²) < 4.78 is 2.36. The molecule has 2 aromatic carbocycles. The van der Waals surface area contributed by atoms with Crippen LogP contribution in [0.15, 0.2) is 48.5 Å². The Labute approximate surface area is 209 Å². The average Bonchev–Trinajstić information content (AvgIpc) is 3.16. The van der Waals surface area contributed by atoms with Crippen LogP contribution < -0.4 is 11.1 Å². The van der Waals surface area contributed by atoms with Crippen molar-refractivity contribution in [3.63, 3.8) is 0 Å². The van der Waals surface area contributed by atoms with Gasteiger partial charge in [0.1, 0.15) is 11.3 Å². The largest absolute Gasteiger partial charge is 0.382 e. The molecule has 2 heterocycles. The van der Waals surface area contributed by atoms with Crippen molar-refractivity contribution in [2.45, 2.75) is 72.4 Å². The van der Waals surface area contributed by atoms with Crippen LogP contribution in [0, 0.1) is 11.3 Å². The molecule has 1 saturated carbocycles. The first-order valence-electron chi connectivity index (χ1n) is 13.3. The fourth-order valence-corrected chi connectivity index (χ4v) is 5.41. The summed E-state index contributed by atoms with van der Waals surface area (Å²) in [5.74, 6) is 2.49. The summed E-state index contributed by atoms with van der Waals surface area (Å²) in [5.41, 5.74) is 12.2. The number of anilines is 1. The fraction of sp³-hybridized carbons (Fsp3) is 0.467. The van der Waals surface area contributed by atoms with Crippen LogP contribution in [-0.4, -0.2) is 21.1 Å². The molecule has 4 aromatic rings. The SMILES string of the molecule is CCCCc1nc2c(N)nc3ccccc3c2n1Cc1ccc(CNCC(C)(C)C2CCC2)cc1. The predicted octanol–water partition coefficient (Wildman–Crippen LogP) is 6.47. The van der Waals surface area contributed by atoms with E-state index in [1.54, 1.807) is 0 Å². The number of benzene rings is 2. The van der Waals surface area contributed by atoms with E-state index in [2.05, 4.69) is 72.0 Å². The van der Waals surface area contributed by atoms with Crippen LogP contribution in [0.1, 0.15) is 69.8 Å². The Balaban J connectivity index is 1.37. The van der Waals surface area contributed by atoms with Crippen LogP contribution in [0.5, 0.6) is 0 Å². The highest BCUT2D eigenvalue weighted by molar-refractivity contribution is 6.06. The van der Waals surface area contributed by atoms with Gasteiger partial charge in [0.05, 0.1) is 11.0 Å². The summed E-state index contributed by atoms with van der Waals surface area (Å²) in [6, 6.07) is 17.3. The molecule has 0 unspecified atom stereocenters. The van der Waals surface area contributed by atoms with E-state index < -0.39 is 0 Å². The van der Waals surface area contributed by atoms with Crippen LogP contribution >= 0.6 is 0 Å². The molecule has 0 atom stereocenters. The fourth-order valence-electron chi connectivity index (χ4n) is 5.41. The van der Waals surface area contributed by atoms with Gasteiger partial charge in [0.15, 0.2) is 5.82 Å². The Morgan fingerprint density at radius 1 is 1.03 bits per heavy atom. The minimum Gasteiger partial charge on any atom is -0.382 e. The molecule has 0 bridgehead atoms. The maximum Gasteiger partial charge on any atom is 0.152 e. The van der Waals surface area contributed by atoms with Crippen molar-refractivity contribution in [3.8, 4) is 0 Å². The number of imidazole rings is 1. The maximum atomic E-state index is 6.36. The molecular formula is C30H39N5. The molecule has 0 spiro atoms. The summed E-state index contributed by atoms with van der Waals surface area (Å²) in [5, 5.41) is 4.82. The molecular weight excluding hydrogens is 430 g/mol. The van der Waals surface area contributed by atoms with Crippen LogP contribution in [0.25, 0.3) is 21.9 Å². The number of hydrogen-bond donors (Lipinski definition) is 2. The van der Waals surface area contributed by atoms with Gasteiger partial charge in [-0.15, -0.1) is 0 Å². The molecule has 1 fully saturated rings. The molecule has 5 nitrogen and oxygen atoms in total. The van der Waals surface area contributed by atoms with Crippen molar-refractivity contribution in [2.75, 3.05) is 12.3 Å². The molecule has 0 saturated heterocycles. The van der Waals surface area contributed by atoms with Crippen molar-refractivity contribution in [3.05, 3.63) is 65.5 Å². The molecule has 5 rings (SSSR count). The number of para-hydroxylation sites is 1. The van der Waals surface area contributed by atoms with Crippen molar-refractivity contribution in [2.24, 2.45) is 11.3 Å². The number of nitrogens with zero attached hydrogens (tertiary/aromatic N) is 3. The van der Waals surface area contributed by atoms with Gasteiger partial charge in [-0.25, -0.2) is 9.97 Å². The number of pyridine rings is 1. The Hall–Kier alpha value is -2.92. The maximum absolute atomic E-state index is 6.36. The van der Waals surface area contributed by atoms with Crippen molar-refractivity contribution in [1.29, 1.82) is 0 Å². The molecule has 35 heavy (non-hydrogen) atoms. The van der Waals surface area contributed by atoms with E-state index in [0.717, 1.165) is 72.6 Å². The van der Waals surface area contributed by atoms with Gasteiger partial charge in [0.25, 0.3) is 0 Å². The van der Waals surface area contributed by atoms with Gasteiger partial charge in [-0.2, -0.15) is 0 Å². The van der Waals surface area contributed by atoms with Gasteiger partial charge in [-0.05, 0) is 47.8 Å². The zero-order valence-electron chi connectivity index (χ0n) is 21.5. The predicted molar refractivity (Wildman–Crippen MR) is 146 cm³/mol. The number of aryl methyl sites for hydroxylation is 1. The number of nitrogens with two attached hydrogens (primary N) is 1. The number of rotatable bonds is 10. The molecule has 1 aliphatic rings. The van der Waals surface area contributed by atoms with Crippen molar-refractivity contribution >= 4 is 27.8 Å². The number of fused-ring (bicyclic) bond motifs is 3. The second kappa shape index (κ2) is 9.98. The van der Waals surface area contributed by atoms with Crippen LogP contribution in [-0.2, 0) is 19.5 Å². The highest BCUT2D eigenvalue weighted by atomic mass is 15.1. The molecule has 0 amide bonds. The van der Waals surface area contributed by atoms with Crippen molar-refractivity contribution in [1.82, 2.24) is 19.9 Å². The van der Waals surface area contributed by atoms with Gasteiger partial charge < -0.3 is 15.6 Å². The molecule has 0 aliphatic heterocycles. The van der Waals surface area contributed by atoms with Crippen LogP contribution in [0.2, 0.25) is 0 Å². The van der Waals surface area contributed by atoms with E-state index in [9.17, 15) is 0 Å². The normalized spacial score (nSPS) is 14.6. The Kier molecular flexibility index (Phi) is 6.79. The van der Waals surface area contributed by atoms with Crippen LogP contribution in [0.3, 0.4) is 0 Å². The average molecular weight is 470 g/mol. The zero-order valence-corrected chi connectivity index (χ0v) is 21.5. The lowest BCUT2D eigenvalue weighted by Crippen LogP contribution is -2.38. The Morgan fingerprint density at radius 2 is 1.77 bits per heavy atom. The van der Waals surface area contributed by atoms with E-state index in [1.165, 1.54) is 30.4 Å². The molecule has 1 aliphatic carbocycles.